The van der Waals surface area contributed by atoms with Gasteiger partial charge in [0.2, 0.25) is 0 Å². The fourth-order valence-corrected chi connectivity index (χ4v) is 2.80. The molecule has 0 atom stereocenters. The number of nitrogens with one attached hydrogen (secondary N) is 2. The summed E-state index contributed by atoms with van der Waals surface area (Å²) in [5.41, 5.74) is 5.34. The molecule has 0 bridgehead atoms. The lowest BCUT2D eigenvalue weighted by Crippen LogP contribution is -2.20. The topological polar surface area (TPSA) is 79.8 Å². The molecule has 0 saturated carbocycles. The minimum atomic E-state index is -0.408. The van der Waals surface area contributed by atoms with Gasteiger partial charge in [-0.3, -0.25) is 9.59 Å². The molecule has 0 fully saturated rings. The second-order valence-electron chi connectivity index (χ2n) is 6.60. The number of halogens is 2. The zero-order valence-electron chi connectivity index (χ0n) is 16.6. The summed E-state index contributed by atoms with van der Waals surface area (Å²) in [6.07, 6.45) is 1.49. The highest BCUT2D eigenvalue weighted by atomic mass is 35.5. The lowest BCUT2D eigenvalue weighted by molar-refractivity contribution is -0.118. The molecule has 158 valence electrons. The average molecular weight is 456 g/mol. The molecule has 0 saturated heterocycles. The highest BCUT2D eigenvalue weighted by Crippen LogP contribution is 2.22. The van der Waals surface area contributed by atoms with E-state index in [-0.39, 0.29) is 12.5 Å². The quantitative estimate of drug-likeness (QED) is 0.384. The minimum Gasteiger partial charge on any atom is -0.484 e. The van der Waals surface area contributed by atoms with Gasteiger partial charge >= 0.3 is 0 Å². The molecule has 2 N–H and O–H groups in total. The van der Waals surface area contributed by atoms with Gasteiger partial charge in [-0.15, -0.1) is 0 Å². The summed E-state index contributed by atoms with van der Waals surface area (Å²) >= 11 is 11.7. The third-order valence-corrected chi connectivity index (χ3v) is 4.89. The molecule has 0 unspecified atom stereocenters. The number of carbonyl (C=O) groups is 2. The largest absolute Gasteiger partial charge is 0.484 e. The molecule has 0 heterocycles. The molecule has 0 aliphatic heterocycles. The van der Waals surface area contributed by atoms with Crippen LogP contribution in [0.4, 0.5) is 5.69 Å². The normalized spacial score (nSPS) is 10.7. The van der Waals surface area contributed by atoms with E-state index in [0.717, 1.165) is 11.1 Å². The van der Waals surface area contributed by atoms with Crippen LogP contribution in [0.15, 0.2) is 71.8 Å². The Balaban J connectivity index is 1.47. The number of hydrazone groups is 1. The lowest BCUT2D eigenvalue weighted by atomic mass is 10.2. The van der Waals surface area contributed by atoms with E-state index in [4.69, 9.17) is 27.9 Å². The molecule has 0 aliphatic carbocycles. The molecule has 0 radical (unpaired) electrons. The van der Waals surface area contributed by atoms with E-state index in [2.05, 4.69) is 15.8 Å². The Kier molecular flexibility index (Phi) is 7.65. The number of hydrogen-bond donors (Lipinski definition) is 2. The second-order valence-corrected chi connectivity index (χ2v) is 7.41. The van der Waals surface area contributed by atoms with Gasteiger partial charge in [0.1, 0.15) is 5.75 Å². The predicted octanol–water partition coefficient (Wildman–Crippen LogP) is 5.08. The number of anilines is 1. The van der Waals surface area contributed by atoms with Crippen LogP contribution in [-0.2, 0) is 4.79 Å². The molecular weight excluding hydrogens is 437 g/mol. The number of hydrogen-bond acceptors (Lipinski definition) is 4. The summed E-state index contributed by atoms with van der Waals surface area (Å²) in [4.78, 5) is 24.1. The van der Waals surface area contributed by atoms with Crippen LogP contribution in [0.5, 0.6) is 5.75 Å². The number of ether oxygens (including phenoxy) is 1. The van der Waals surface area contributed by atoms with E-state index >= 15 is 0 Å². The maximum atomic E-state index is 12.1. The van der Waals surface area contributed by atoms with Gasteiger partial charge in [0, 0.05) is 11.3 Å². The molecule has 31 heavy (non-hydrogen) atoms. The van der Waals surface area contributed by atoms with E-state index in [1.54, 1.807) is 36.4 Å². The summed E-state index contributed by atoms with van der Waals surface area (Å²) in [7, 11) is 0. The fraction of sp³-hybridized carbons (Fsp3) is 0.0870. The van der Waals surface area contributed by atoms with Crippen LogP contribution in [0, 0.1) is 6.92 Å². The van der Waals surface area contributed by atoms with Crippen LogP contribution >= 0.6 is 23.2 Å². The van der Waals surface area contributed by atoms with Crippen molar-refractivity contribution in [2.75, 3.05) is 11.9 Å². The molecule has 3 aromatic rings. The zero-order chi connectivity index (χ0) is 22.2. The monoisotopic (exact) mass is 455 g/mol. The van der Waals surface area contributed by atoms with E-state index in [1.807, 2.05) is 31.2 Å². The maximum absolute atomic E-state index is 12.1. The van der Waals surface area contributed by atoms with Crippen molar-refractivity contribution in [2.24, 2.45) is 5.10 Å². The van der Waals surface area contributed by atoms with E-state index < -0.39 is 5.91 Å². The summed E-state index contributed by atoms with van der Waals surface area (Å²) in [6.45, 7) is 1.87. The third kappa shape index (κ3) is 6.84. The number of nitrogens with zero attached hydrogens (tertiary/aromatic N) is 1. The van der Waals surface area contributed by atoms with Crippen LogP contribution in [0.3, 0.4) is 0 Å². The van der Waals surface area contributed by atoms with Crippen molar-refractivity contribution < 1.29 is 14.3 Å². The molecule has 0 aromatic heterocycles. The highest BCUT2D eigenvalue weighted by molar-refractivity contribution is 6.42. The van der Waals surface area contributed by atoms with Crippen molar-refractivity contribution in [1.82, 2.24) is 5.43 Å². The standard InChI is InChI=1S/C23H19Cl2N3O3/c1-15-2-7-18(8-3-15)27-22(29)14-31-19-9-4-16(5-10-19)13-26-28-23(30)17-6-11-20(24)21(25)12-17/h2-13H,14H2,1H3,(H,27,29)(H,28,30)/b26-13-. The van der Waals surface area contributed by atoms with Gasteiger partial charge in [0.15, 0.2) is 6.61 Å². The van der Waals surface area contributed by atoms with Gasteiger partial charge in [-0.05, 0) is 67.1 Å². The van der Waals surface area contributed by atoms with Gasteiger partial charge in [0.25, 0.3) is 11.8 Å². The van der Waals surface area contributed by atoms with E-state index in [1.165, 1.54) is 12.3 Å². The lowest BCUT2D eigenvalue weighted by Gasteiger charge is -2.08. The van der Waals surface area contributed by atoms with Crippen LogP contribution in [0.25, 0.3) is 0 Å². The molecule has 0 spiro atoms. The Morgan fingerprint density at radius 3 is 2.35 bits per heavy atom. The Morgan fingerprint density at radius 2 is 1.68 bits per heavy atom. The predicted molar refractivity (Wildman–Crippen MR) is 123 cm³/mol. The average Bonchev–Trinajstić information content (AvgIpc) is 2.76. The van der Waals surface area contributed by atoms with Crippen molar-refractivity contribution in [3.05, 3.63) is 93.5 Å². The third-order valence-electron chi connectivity index (χ3n) is 4.15. The molecule has 3 aromatic carbocycles. The Hall–Kier alpha value is -3.35. The number of aryl methyl sites for hydroxylation is 1. The van der Waals surface area contributed by atoms with Crippen LogP contribution in [-0.4, -0.2) is 24.6 Å². The van der Waals surface area contributed by atoms with Crippen molar-refractivity contribution >= 4 is 46.9 Å². The van der Waals surface area contributed by atoms with Crippen molar-refractivity contribution in [3.8, 4) is 5.75 Å². The first kappa shape index (κ1) is 22.3. The van der Waals surface area contributed by atoms with Gasteiger partial charge in [-0.1, -0.05) is 40.9 Å². The number of amides is 2. The first-order chi connectivity index (χ1) is 14.9. The van der Waals surface area contributed by atoms with Crippen LogP contribution < -0.4 is 15.5 Å². The Bertz CT molecular complexity index is 1100. The smallest absolute Gasteiger partial charge is 0.271 e. The SMILES string of the molecule is Cc1ccc(NC(=O)COc2ccc(/C=N\NC(=O)c3ccc(Cl)c(Cl)c3)cc2)cc1. The highest BCUT2D eigenvalue weighted by Gasteiger charge is 2.07. The zero-order valence-corrected chi connectivity index (χ0v) is 18.1. The fourth-order valence-electron chi connectivity index (χ4n) is 2.50. The van der Waals surface area contributed by atoms with Crippen molar-refractivity contribution in [3.63, 3.8) is 0 Å². The molecular formula is C23H19Cl2N3O3. The Labute approximate surface area is 189 Å². The molecule has 8 heteroatoms. The summed E-state index contributed by atoms with van der Waals surface area (Å²) in [5, 5.41) is 7.35. The maximum Gasteiger partial charge on any atom is 0.271 e. The van der Waals surface area contributed by atoms with Crippen LogP contribution in [0.2, 0.25) is 10.0 Å². The first-order valence-electron chi connectivity index (χ1n) is 9.28. The second kappa shape index (κ2) is 10.6. The van der Waals surface area contributed by atoms with Crippen molar-refractivity contribution in [1.29, 1.82) is 0 Å². The molecule has 2 amide bonds. The Morgan fingerprint density at radius 1 is 0.968 bits per heavy atom. The first-order valence-corrected chi connectivity index (χ1v) is 10.0. The van der Waals surface area contributed by atoms with Gasteiger partial charge in [0.05, 0.1) is 16.3 Å². The van der Waals surface area contributed by atoms with Gasteiger partial charge < -0.3 is 10.1 Å². The van der Waals surface area contributed by atoms with E-state index in [9.17, 15) is 9.59 Å². The number of carbonyl (C=O) groups excluding carboxylic acids is 2. The summed E-state index contributed by atoms with van der Waals surface area (Å²) in [6, 6.07) is 19.0. The molecule has 0 aliphatic rings. The van der Waals surface area contributed by atoms with Gasteiger partial charge in [-0.2, -0.15) is 5.10 Å². The minimum absolute atomic E-state index is 0.110. The van der Waals surface area contributed by atoms with Crippen LogP contribution in [0.1, 0.15) is 21.5 Å². The summed E-state index contributed by atoms with van der Waals surface area (Å²) < 4.78 is 5.49. The molecule has 6 nitrogen and oxygen atoms in total. The molecule has 3 rings (SSSR count). The number of rotatable bonds is 7. The summed E-state index contributed by atoms with van der Waals surface area (Å²) in [5.74, 6) is -0.120. The van der Waals surface area contributed by atoms with Gasteiger partial charge in [-0.25, -0.2) is 5.43 Å². The van der Waals surface area contributed by atoms with E-state index in [0.29, 0.717) is 27.0 Å². The number of benzene rings is 3. The van der Waals surface area contributed by atoms with Crippen molar-refractivity contribution in [2.45, 2.75) is 6.92 Å².